The van der Waals surface area contributed by atoms with Gasteiger partial charge in [-0.25, -0.2) is 4.98 Å². The normalized spacial score (nSPS) is 19.8. The number of aromatic nitrogens is 1. The highest BCUT2D eigenvalue weighted by Crippen LogP contribution is 2.19. The number of piperazine rings is 1. The minimum absolute atomic E-state index is 0.332. The van der Waals surface area contributed by atoms with Gasteiger partial charge in [0.25, 0.3) is 0 Å². The summed E-state index contributed by atoms with van der Waals surface area (Å²) in [5.41, 5.74) is 1.33. The zero-order chi connectivity index (χ0) is 19.2. The molecule has 0 saturated carbocycles. The van der Waals surface area contributed by atoms with Gasteiger partial charge >= 0.3 is 0 Å². The number of thiazole rings is 1. The van der Waals surface area contributed by atoms with Gasteiger partial charge in [0.15, 0.2) is 5.13 Å². The molecule has 7 heteroatoms. The average Bonchev–Trinajstić information content (AvgIpc) is 3.42. The Balaban J connectivity index is 1.16. The number of benzene rings is 1. The molecule has 2 saturated heterocycles. The predicted octanol–water partition coefficient (Wildman–Crippen LogP) is 2.30. The lowest BCUT2D eigenvalue weighted by molar-refractivity contribution is 0.0663. The number of aliphatic hydroxyl groups excluding tert-OH is 1. The molecular weight excluding hydrogens is 372 g/mol. The molecule has 0 amide bonds. The van der Waals surface area contributed by atoms with Crippen LogP contribution in [0.2, 0.25) is 0 Å². The molecule has 2 aliphatic rings. The first-order chi connectivity index (χ1) is 13.8. The highest BCUT2D eigenvalue weighted by molar-refractivity contribution is 7.13. The number of nitrogens with zero attached hydrogens (tertiary/aromatic N) is 4. The summed E-state index contributed by atoms with van der Waals surface area (Å²) in [4.78, 5) is 11.5. The summed E-state index contributed by atoms with van der Waals surface area (Å²) in [7, 11) is 0. The van der Waals surface area contributed by atoms with Gasteiger partial charge < -0.3 is 14.7 Å². The molecule has 0 bridgehead atoms. The molecule has 1 aromatic carbocycles. The number of hydrogen-bond acceptors (Lipinski definition) is 7. The lowest BCUT2D eigenvalue weighted by Crippen LogP contribution is -2.49. The first-order valence-electron chi connectivity index (χ1n) is 10.3. The predicted molar refractivity (Wildman–Crippen MR) is 113 cm³/mol. The summed E-state index contributed by atoms with van der Waals surface area (Å²) in [6.45, 7) is 8.24. The van der Waals surface area contributed by atoms with Gasteiger partial charge in [0.05, 0.1) is 0 Å². The van der Waals surface area contributed by atoms with Crippen molar-refractivity contribution in [2.75, 3.05) is 57.3 Å². The minimum Gasteiger partial charge on any atom is -0.491 e. The SMILES string of the molecule is OC(COc1ccc(CN2CCCC2)cc1)CN1CCN(c2nccs2)CC1. The Hall–Kier alpha value is -1.67. The van der Waals surface area contributed by atoms with Crippen LogP contribution in [0.15, 0.2) is 35.8 Å². The van der Waals surface area contributed by atoms with E-state index in [2.05, 4.69) is 31.8 Å². The van der Waals surface area contributed by atoms with Crippen molar-refractivity contribution in [3.8, 4) is 5.75 Å². The molecular formula is C21H30N4O2S. The molecule has 1 aromatic heterocycles. The van der Waals surface area contributed by atoms with Gasteiger partial charge in [0.2, 0.25) is 0 Å². The van der Waals surface area contributed by atoms with Crippen LogP contribution in [0.4, 0.5) is 5.13 Å². The fraction of sp³-hybridized carbons (Fsp3) is 0.571. The molecule has 0 spiro atoms. The van der Waals surface area contributed by atoms with Gasteiger partial charge in [0.1, 0.15) is 18.5 Å². The van der Waals surface area contributed by atoms with E-state index in [1.165, 1.54) is 31.5 Å². The molecule has 2 aliphatic heterocycles. The van der Waals surface area contributed by atoms with Crippen molar-refractivity contribution >= 4 is 16.5 Å². The topological polar surface area (TPSA) is 52.1 Å². The number of likely N-dealkylation sites (tertiary alicyclic amines) is 1. The van der Waals surface area contributed by atoms with E-state index in [0.29, 0.717) is 13.2 Å². The van der Waals surface area contributed by atoms with Gasteiger partial charge in [-0.3, -0.25) is 9.80 Å². The van der Waals surface area contributed by atoms with E-state index in [1.54, 1.807) is 11.3 Å². The van der Waals surface area contributed by atoms with Crippen molar-refractivity contribution in [3.63, 3.8) is 0 Å². The molecule has 6 nitrogen and oxygen atoms in total. The van der Waals surface area contributed by atoms with Crippen molar-refractivity contribution in [2.45, 2.75) is 25.5 Å². The fourth-order valence-corrected chi connectivity index (χ4v) is 4.62. The smallest absolute Gasteiger partial charge is 0.185 e. The highest BCUT2D eigenvalue weighted by Gasteiger charge is 2.21. The van der Waals surface area contributed by atoms with E-state index in [0.717, 1.165) is 43.6 Å². The second-order valence-electron chi connectivity index (χ2n) is 7.69. The van der Waals surface area contributed by atoms with E-state index in [4.69, 9.17) is 4.74 Å². The second-order valence-corrected chi connectivity index (χ2v) is 8.57. The van der Waals surface area contributed by atoms with E-state index >= 15 is 0 Å². The number of aliphatic hydroxyl groups is 1. The van der Waals surface area contributed by atoms with E-state index in [-0.39, 0.29) is 0 Å². The fourth-order valence-electron chi connectivity index (χ4n) is 3.93. The molecule has 2 aromatic rings. The number of β-amino-alcohol motifs (C(OH)–C–C–N with tert-alkyl or cyclic N) is 1. The first kappa shape index (κ1) is 19.6. The zero-order valence-electron chi connectivity index (χ0n) is 16.4. The molecule has 4 rings (SSSR count). The Bertz CT molecular complexity index is 696. The van der Waals surface area contributed by atoms with Crippen molar-refractivity contribution < 1.29 is 9.84 Å². The van der Waals surface area contributed by atoms with Gasteiger partial charge in [0, 0.05) is 50.8 Å². The maximum atomic E-state index is 10.4. The van der Waals surface area contributed by atoms with Gasteiger partial charge in [-0.15, -0.1) is 11.3 Å². The average molecular weight is 403 g/mol. The molecule has 0 aliphatic carbocycles. The van der Waals surface area contributed by atoms with Crippen LogP contribution in [0, 0.1) is 0 Å². The van der Waals surface area contributed by atoms with E-state index in [1.807, 2.05) is 23.7 Å². The summed E-state index contributed by atoms with van der Waals surface area (Å²) >= 11 is 1.68. The molecule has 1 N–H and O–H groups in total. The lowest BCUT2D eigenvalue weighted by Gasteiger charge is -2.35. The monoisotopic (exact) mass is 402 g/mol. The van der Waals surface area contributed by atoms with Crippen LogP contribution in [0.25, 0.3) is 0 Å². The molecule has 0 radical (unpaired) electrons. The molecule has 2 fully saturated rings. The molecule has 1 unspecified atom stereocenters. The number of hydrogen-bond donors (Lipinski definition) is 1. The number of anilines is 1. The molecule has 28 heavy (non-hydrogen) atoms. The molecule has 152 valence electrons. The minimum atomic E-state index is -0.476. The van der Waals surface area contributed by atoms with Gasteiger partial charge in [-0.2, -0.15) is 0 Å². The maximum Gasteiger partial charge on any atom is 0.185 e. The van der Waals surface area contributed by atoms with Crippen molar-refractivity contribution in [3.05, 3.63) is 41.4 Å². The Morgan fingerprint density at radius 3 is 2.43 bits per heavy atom. The first-order valence-corrected chi connectivity index (χ1v) is 11.1. The van der Waals surface area contributed by atoms with Crippen LogP contribution in [0.5, 0.6) is 5.75 Å². The van der Waals surface area contributed by atoms with Crippen molar-refractivity contribution in [2.24, 2.45) is 0 Å². The van der Waals surface area contributed by atoms with E-state index in [9.17, 15) is 5.11 Å². The quantitative estimate of drug-likeness (QED) is 0.731. The van der Waals surface area contributed by atoms with Crippen molar-refractivity contribution in [1.29, 1.82) is 0 Å². The summed E-state index contributed by atoms with van der Waals surface area (Å²) in [6, 6.07) is 8.31. The van der Waals surface area contributed by atoms with Crippen LogP contribution in [-0.4, -0.2) is 78.4 Å². The zero-order valence-corrected chi connectivity index (χ0v) is 17.2. The summed E-state index contributed by atoms with van der Waals surface area (Å²) in [5.74, 6) is 0.831. The summed E-state index contributed by atoms with van der Waals surface area (Å²) < 4.78 is 5.81. The Labute approximate surface area is 171 Å². The number of rotatable bonds is 8. The van der Waals surface area contributed by atoms with Crippen LogP contribution in [0.1, 0.15) is 18.4 Å². The largest absolute Gasteiger partial charge is 0.491 e. The van der Waals surface area contributed by atoms with Gasteiger partial charge in [-0.1, -0.05) is 12.1 Å². The van der Waals surface area contributed by atoms with Crippen LogP contribution >= 0.6 is 11.3 Å². The summed E-state index contributed by atoms with van der Waals surface area (Å²) in [6.07, 6.45) is 4.01. The Morgan fingerprint density at radius 2 is 1.75 bits per heavy atom. The standard InChI is InChI=1S/C21H30N4O2S/c26-19(16-24-10-12-25(13-11-24)21-22-7-14-28-21)17-27-20-5-3-18(4-6-20)15-23-8-1-2-9-23/h3-7,14,19,26H,1-2,8-13,15-17H2. The lowest BCUT2D eigenvalue weighted by atomic mass is 10.2. The second kappa shape index (κ2) is 9.69. The van der Waals surface area contributed by atoms with Gasteiger partial charge in [-0.05, 0) is 43.6 Å². The highest BCUT2D eigenvalue weighted by atomic mass is 32.1. The number of ether oxygens (including phenoxy) is 1. The maximum absolute atomic E-state index is 10.4. The van der Waals surface area contributed by atoms with Crippen LogP contribution in [-0.2, 0) is 6.54 Å². The summed E-state index contributed by atoms with van der Waals surface area (Å²) in [5, 5.41) is 13.5. The molecule has 3 heterocycles. The van der Waals surface area contributed by atoms with Crippen LogP contribution < -0.4 is 9.64 Å². The third kappa shape index (κ3) is 5.44. The Morgan fingerprint density at radius 1 is 1.00 bits per heavy atom. The molecule has 1 atom stereocenters. The van der Waals surface area contributed by atoms with Crippen molar-refractivity contribution in [1.82, 2.24) is 14.8 Å². The van der Waals surface area contributed by atoms with Crippen LogP contribution in [0.3, 0.4) is 0 Å². The van der Waals surface area contributed by atoms with E-state index < -0.39 is 6.10 Å². The third-order valence-electron chi connectivity index (χ3n) is 5.50. The third-order valence-corrected chi connectivity index (χ3v) is 6.33. The Kier molecular flexibility index (Phi) is 6.80.